The highest BCUT2D eigenvalue weighted by Gasteiger charge is 2.19. The number of fused-ring (bicyclic) bond motifs is 1. The first-order valence-corrected chi connectivity index (χ1v) is 5.86. The number of hydrogen-bond donors (Lipinski definition) is 2. The molecule has 2 rings (SSSR count). The summed E-state index contributed by atoms with van der Waals surface area (Å²) in [6, 6.07) is 4.95. The predicted octanol–water partition coefficient (Wildman–Crippen LogP) is 1.92. The van der Waals surface area contributed by atoms with Crippen molar-refractivity contribution in [1.82, 2.24) is 9.55 Å². The summed E-state index contributed by atoms with van der Waals surface area (Å²) in [6.45, 7) is 4.02. The molecule has 0 aliphatic rings. The Balaban J connectivity index is 2.61. The van der Waals surface area contributed by atoms with Crippen LogP contribution in [0.3, 0.4) is 0 Å². The molecule has 2 N–H and O–H groups in total. The van der Waals surface area contributed by atoms with E-state index in [2.05, 4.69) is 4.98 Å². The average molecular weight is 248 g/mol. The molecule has 96 valence electrons. The van der Waals surface area contributed by atoms with E-state index in [0.29, 0.717) is 5.52 Å². The van der Waals surface area contributed by atoms with Crippen molar-refractivity contribution < 1.29 is 15.0 Å². The fourth-order valence-corrected chi connectivity index (χ4v) is 2.11. The SMILES string of the molecule is CC(C)C(CO)n1cnc2c(C(=O)O)cccc21. The second kappa shape index (κ2) is 4.78. The Labute approximate surface area is 105 Å². The number of aromatic carboxylic acids is 1. The average Bonchev–Trinajstić information content (AvgIpc) is 2.73. The monoisotopic (exact) mass is 248 g/mol. The Morgan fingerprint density at radius 3 is 2.72 bits per heavy atom. The lowest BCUT2D eigenvalue weighted by Gasteiger charge is -2.20. The van der Waals surface area contributed by atoms with Gasteiger partial charge in [0.1, 0.15) is 5.52 Å². The van der Waals surface area contributed by atoms with E-state index < -0.39 is 5.97 Å². The molecule has 5 heteroatoms. The molecular formula is C13H16N2O3. The maximum Gasteiger partial charge on any atom is 0.337 e. The van der Waals surface area contributed by atoms with E-state index >= 15 is 0 Å². The van der Waals surface area contributed by atoms with Gasteiger partial charge in [-0.25, -0.2) is 9.78 Å². The van der Waals surface area contributed by atoms with Crippen LogP contribution >= 0.6 is 0 Å². The van der Waals surface area contributed by atoms with Crippen LogP contribution in [0.15, 0.2) is 24.5 Å². The van der Waals surface area contributed by atoms with Crippen molar-refractivity contribution in [3.63, 3.8) is 0 Å². The number of nitrogens with zero attached hydrogens (tertiary/aromatic N) is 2. The predicted molar refractivity (Wildman–Crippen MR) is 67.7 cm³/mol. The second-order valence-corrected chi connectivity index (χ2v) is 4.62. The molecule has 0 bridgehead atoms. The molecule has 0 saturated heterocycles. The van der Waals surface area contributed by atoms with Gasteiger partial charge in [-0.3, -0.25) is 0 Å². The molecular weight excluding hydrogens is 232 g/mol. The van der Waals surface area contributed by atoms with E-state index in [-0.39, 0.29) is 24.1 Å². The molecule has 1 aromatic heterocycles. The fourth-order valence-electron chi connectivity index (χ4n) is 2.11. The first-order valence-electron chi connectivity index (χ1n) is 5.86. The Hall–Kier alpha value is -1.88. The number of para-hydroxylation sites is 1. The Morgan fingerprint density at radius 2 is 2.17 bits per heavy atom. The van der Waals surface area contributed by atoms with Crippen LogP contribution in [0.25, 0.3) is 11.0 Å². The number of carbonyl (C=O) groups is 1. The normalized spacial score (nSPS) is 13.1. The van der Waals surface area contributed by atoms with Crippen molar-refractivity contribution in [1.29, 1.82) is 0 Å². The summed E-state index contributed by atoms with van der Waals surface area (Å²) in [5, 5.41) is 18.5. The minimum absolute atomic E-state index is 0.000422. The van der Waals surface area contributed by atoms with E-state index in [0.717, 1.165) is 5.52 Å². The van der Waals surface area contributed by atoms with E-state index in [4.69, 9.17) is 5.11 Å². The lowest BCUT2D eigenvalue weighted by Crippen LogP contribution is -2.18. The summed E-state index contributed by atoms with van der Waals surface area (Å²) in [5.41, 5.74) is 1.39. The van der Waals surface area contributed by atoms with Crippen LogP contribution in [0.2, 0.25) is 0 Å². The van der Waals surface area contributed by atoms with Crippen molar-refractivity contribution in [2.75, 3.05) is 6.61 Å². The second-order valence-electron chi connectivity index (χ2n) is 4.62. The minimum atomic E-state index is -0.990. The Bertz CT molecular complexity index is 575. The van der Waals surface area contributed by atoms with Crippen LogP contribution in [-0.2, 0) is 0 Å². The van der Waals surface area contributed by atoms with Crippen LogP contribution in [0.5, 0.6) is 0 Å². The number of aliphatic hydroxyl groups is 1. The third-order valence-electron chi connectivity index (χ3n) is 3.15. The van der Waals surface area contributed by atoms with Gasteiger partial charge >= 0.3 is 5.97 Å². The number of imidazole rings is 1. The lowest BCUT2D eigenvalue weighted by molar-refractivity contribution is 0.0699. The smallest absolute Gasteiger partial charge is 0.337 e. The van der Waals surface area contributed by atoms with Gasteiger partial charge in [-0.05, 0) is 18.1 Å². The van der Waals surface area contributed by atoms with Gasteiger partial charge in [0.2, 0.25) is 0 Å². The molecule has 1 atom stereocenters. The number of benzene rings is 1. The largest absolute Gasteiger partial charge is 0.478 e. The van der Waals surface area contributed by atoms with E-state index in [1.54, 1.807) is 12.4 Å². The maximum absolute atomic E-state index is 11.1. The topological polar surface area (TPSA) is 75.3 Å². The third kappa shape index (κ3) is 1.97. The summed E-state index contributed by atoms with van der Waals surface area (Å²) < 4.78 is 1.84. The molecule has 0 spiro atoms. The summed E-state index contributed by atoms with van der Waals surface area (Å²) in [7, 11) is 0. The number of carboxylic acid groups (broad SMARTS) is 1. The van der Waals surface area contributed by atoms with Crippen molar-refractivity contribution in [2.24, 2.45) is 5.92 Å². The zero-order valence-corrected chi connectivity index (χ0v) is 10.4. The molecule has 18 heavy (non-hydrogen) atoms. The molecule has 0 saturated carbocycles. The van der Waals surface area contributed by atoms with E-state index in [9.17, 15) is 9.90 Å². The van der Waals surface area contributed by atoms with Crippen LogP contribution in [-0.4, -0.2) is 32.3 Å². The van der Waals surface area contributed by atoms with Gasteiger partial charge in [0.15, 0.2) is 0 Å². The fraction of sp³-hybridized carbons (Fsp3) is 0.385. The molecule has 5 nitrogen and oxygen atoms in total. The van der Waals surface area contributed by atoms with Gasteiger partial charge in [-0.15, -0.1) is 0 Å². The van der Waals surface area contributed by atoms with Crippen molar-refractivity contribution in [3.05, 3.63) is 30.1 Å². The van der Waals surface area contributed by atoms with E-state index in [1.165, 1.54) is 6.07 Å². The zero-order valence-electron chi connectivity index (χ0n) is 10.4. The summed E-state index contributed by atoms with van der Waals surface area (Å²) in [5.74, 6) is -0.753. The van der Waals surface area contributed by atoms with Crippen LogP contribution in [0, 0.1) is 5.92 Å². The summed E-state index contributed by atoms with van der Waals surface area (Å²) >= 11 is 0. The number of hydrogen-bond acceptors (Lipinski definition) is 3. The van der Waals surface area contributed by atoms with Gasteiger partial charge < -0.3 is 14.8 Å². The highest BCUT2D eigenvalue weighted by atomic mass is 16.4. The van der Waals surface area contributed by atoms with E-state index in [1.807, 2.05) is 24.5 Å². The first kappa shape index (κ1) is 12.6. The number of carboxylic acids is 1. The van der Waals surface area contributed by atoms with Crippen LogP contribution < -0.4 is 0 Å². The first-order chi connectivity index (χ1) is 8.56. The standard InChI is InChI=1S/C13H16N2O3/c1-8(2)11(6-16)15-7-14-12-9(13(17)18)4-3-5-10(12)15/h3-5,7-8,11,16H,6H2,1-2H3,(H,17,18). The highest BCUT2D eigenvalue weighted by molar-refractivity contribution is 6.00. The van der Waals surface area contributed by atoms with Crippen LogP contribution in [0.1, 0.15) is 30.2 Å². The number of aromatic nitrogens is 2. The quantitative estimate of drug-likeness (QED) is 0.866. The lowest BCUT2D eigenvalue weighted by atomic mass is 10.0. The highest BCUT2D eigenvalue weighted by Crippen LogP contribution is 2.24. The van der Waals surface area contributed by atoms with Crippen molar-refractivity contribution in [3.8, 4) is 0 Å². The molecule has 0 amide bonds. The zero-order chi connectivity index (χ0) is 13.3. The van der Waals surface area contributed by atoms with Crippen molar-refractivity contribution >= 4 is 17.0 Å². The molecule has 0 radical (unpaired) electrons. The minimum Gasteiger partial charge on any atom is -0.478 e. The molecule has 1 aromatic carbocycles. The van der Waals surface area contributed by atoms with Gasteiger partial charge in [0.05, 0.1) is 30.1 Å². The van der Waals surface area contributed by atoms with Gasteiger partial charge in [0, 0.05) is 0 Å². The summed E-state index contributed by atoms with van der Waals surface area (Å²) in [6.07, 6.45) is 1.60. The molecule has 0 aliphatic carbocycles. The Morgan fingerprint density at radius 1 is 1.44 bits per heavy atom. The van der Waals surface area contributed by atoms with Gasteiger partial charge in [0.25, 0.3) is 0 Å². The molecule has 1 unspecified atom stereocenters. The van der Waals surface area contributed by atoms with Gasteiger partial charge in [-0.1, -0.05) is 19.9 Å². The molecule has 0 aliphatic heterocycles. The van der Waals surface area contributed by atoms with Gasteiger partial charge in [-0.2, -0.15) is 0 Å². The maximum atomic E-state index is 11.1. The molecule has 2 aromatic rings. The number of rotatable bonds is 4. The number of aliphatic hydroxyl groups excluding tert-OH is 1. The Kier molecular flexibility index (Phi) is 3.34. The molecule has 0 fully saturated rings. The van der Waals surface area contributed by atoms with Crippen molar-refractivity contribution in [2.45, 2.75) is 19.9 Å². The van der Waals surface area contributed by atoms with Crippen LogP contribution in [0.4, 0.5) is 0 Å². The third-order valence-corrected chi connectivity index (χ3v) is 3.15. The molecule has 1 heterocycles. The summed E-state index contributed by atoms with van der Waals surface area (Å²) in [4.78, 5) is 15.3.